The zero-order valence-electron chi connectivity index (χ0n) is 9.82. The van der Waals surface area contributed by atoms with Gasteiger partial charge in [0.1, 0.15) is 5.72 Å². The molecule has 0 aromatic rings. The minimum Gasteiger partial charge on any atom is -0.356 e. The zero-order chi connectivity index (χ0) is 11.2. The predicted octanol–water partition coefficient (Wildman–Crippen LogP) is 1.72. The first-order valence-electron chi connectivity index (χ1n) is 5.49. The summed E-state index contributed by atoms with van der Waals surface area (Å²) in [6.45, 7) is 6.89. The van der Waals surface area contributed by atoms with E-state index in [0.717, 1.165) is 13.0 Å². The third-order valence-electron chi connectivity index (χ3n) is 3.60. The summed E-state index contributed by atoms with van der Waals surface area (Å²) in [6.07, 6.45) is 3.07. The van der Waals surface area contributed by atoms with Crippen LogP contribution in [0, 0.1) is 5.92 Å². The molecule has 2 saturated heterocycles. The minimum absolute atomic E-state index is 0.211. The van der Waals surface area contributed by atoms with E-state index in [1.54, 1.807) is 11.8 Å². The van der Waals surface area contributed by atoms with Crippen LogP contribution in [0.1, 0.15) is 27.2 Å². The molecular weight excluding hydrogens is 210 g/mol. The van der Waals surface area contributed by atoms with Gasteiger partial charge in [-0.25, -0.2) is 0 Å². The summed E-state index contributed by atoms with van der Waals surface area (Å²) in [6, 6.07) is 0.406. The van der Waals surface area contributed by atoms with Gasteiger partial charge in [-0.1, -0.05) is 6.92 Å². The van der Waals surface area contributed by atoms with Crippen LogP contribution in [-0.2, 0) is 9.53 Å². The van der Waals surface area contributed by atoms with Crippen LogP contribution in [0.15, 0.2) is 0 Å². The fraction of sp³-hybridized carbons (Fsp3) is 0.909. The van der Waals surface area contributed by atoms with Crippen LogP contribution in [-0.4, -0.2) is 40.7 Å². The van der Waals surface area contributed by atoms with Gasteiger partial charge in [-0.2, -0.15) is 11.8 Å². The van der Waals surface area contributed by atoms with Gasteiger partial charge < -0.3 is 9.64 Å². The Morgan fingerprint density at radius 1 is 1.60 bits per heavy atom. The van der Waals surface area contributed by atoms with Crippen molar-refractivity contribution in [3.8, 4) is 0 Å². The molecule has 0 aromatic heterocycles. The van der Waals surface area contributed by atoms with Crippen LogP contribution in [0.3, 0.4) is 0 Å². The van der Waals surface area contributed by atoms with Gasteiger partial charge in [-0.3, -0.25) is 4.79 Å². The van der Waals surface area contributed by atoms with Crippen molar-refractivity contribution in [2.75, 3.05) is 12.9 Å². The molecule has 3 unspecified atom stereocenters. The standard InChI is InChI=1S/C11H19NO2S/c1-7(15-4)9-8-5-6-14-11(2,3)12(8)10(9)13/h7-9H,5-6H2,1-4H3. The number of carbonyl (C=O) groups is 1. The second kappa shape index (κ2) is 3.67. The predicted molar refractivity (Wildman–Crippen MR) is 61.7 cm³/mol. The third kappa shape index (κ3) is 1.58. The lowest BCUT2D eigenvalue weighted by molar-refractivity contribution is -0.232. The van der Waals surface area contributed by atoms with Crippen LogP contribution in [0.25, 0.3) is 0 Å². The van der Waals surface area contributed by atoms with Gasteiger partial charge >= 0.3 is 0 Å². The summed E-state index contributed by atoms with van der Waals surface area (Å²) in [7, 11) is 0. The number of ether oxygens (including phenoxy) is 1. The van der Waals surface area contributed by atoms with E-state index in [1.165, 1.54) is 0 Å². The Hall–Kier alpha value is -0.220. The minimum atomic E-state index is -0.394. The number of thioether (sulfide) groups is 1. The molecule has 0 bridgehead atoms. The van der Waals surface area contributed by atoms with Gasteiger partial charge in [0.2, 0.25) is 5.91 Å². The number of carbonyl (C=O) groups excluding carboxylic acids is 1. The monoisotopic (exact) mass is 229 g/mol. The summed E-state index contributed by atoms with van der Waals surface area (Å²) in [5.41, 5.74) is -0.394. The van der Waals surface area contributed by atoms with Crippen molar-refractivity contribution in [3.05, 3.63) is 0 Å². The van der Waals surface area contributed by atoms with Gasteiger partial charge in [0, 0.05) is 11.3 Å². The molecule has 15 heavy (non-hydrogen) atoms. The summed E-state index contributed by atoms with van der Waals surface area (Å²) >= 11 is 1.78. The zero-order valence-corrected chi connectivity index (χ0v) is 10.6. The SMILES string of the molecule is CSC(C)C1C(=O)N2C1CCOC2(C)C. The Kier molecular flexibility index (Phi) is 2.75. The highest BCUT2D eigenvalue weighted by atomic mass is 32.2. The third-order valence-corrected chi connectivity index (χ3v) is 4.63. The number of amides is 1. The molecule has 0 saturated carbocycles. The van der Waals surface area contributed by atoms with E-state index >= 15 is 0 Å². The van der Waals surface area contributed by atoms with Crippen LogP contribution in [0.2, 0.25) is 0 Å². The molecule has 0 aromatic carbocycles. The van der Waals surface area contributed by atoms with Crippen LogP contribution < -0.4 is 0 Å². The van der Waals surface area contributed by atoms with Crippen molar-refractivity contribution >= 4 is 17.7 Å². The van der Waals surface area contributed by atoms with E-state index < -0.39 is 5.72 Å². The van der Waals surface area contributed by atoms with Crippen molar-refractivity contribution < 1.29 is 9.53 Å². The van der Waals surface area contributed by atoms with Crippen LogP contribution in [0.5, 0.6) is 0 Å². The number of hydrogen-bond donors (Lipinski definition) is 0. The number of rotatable bonds is 2. The Bertz CT molecular complexity index is 280. The molecule has 86 valence electrons. The maximum absolute atomic E-state index is 12.0. The molecule has 2 aliphatic rings. The van der Waals surface area contributed by atoms with Gasteiger partial charge in [-0.15, -0.1) is 0 Å². The average molecular weight is 229 g/mol. The van der Waals surface area contributed by atoms with Gasteiger partial charge in [0.25, 0.3) is 0 Å². The quantitative estimate of drug-likeness (QED) is 0.675. The lowest BCUT2D eigenvalue weighted by Crippen LogP contribution is -2.73. The largest absolute Gasteiger partial charge is 0.356 e. The lowest BCUT2D eigenvalue weighted by Gasteiger charge is -2.58. The Balaban J connectivity index is 2.14. The van der Waals surface area contributed by atoms with E-state index in [1.807, 2.05) is 18.7 Å². The lowest BCUT2D eigenvalue weighted by atomic mass is 9.80. The molecule has 0 radical (unpaired) electrons. The van der Waals surface area contributed by atoms with Crippen molar-refractivity contribution in [1.29, 1.82) is 0 Å². The number of nitrogens with zero attached hydrogens (tertiary/aromatic N) is 1. The van der Waals surface area contributed by atoms with E-state index in [4.69, 9.17) is 4.74 Å². The van der Waals surface area contributed by atoms with Gasteiger partial charge in [0.15, 0.2) is 0 Å². The first-order valence-corrected chi connectivity index (χ1v) is 6.78. The highest BCUT2D eigenvalue weighted by Crippen LogP contribution is 2.43. The molecule has 4 heteroatoms. The molecule has 2 aliphatic heterocycles. The first-order chi connectivity index (χ1) is 6.99. The number of fused-ring (bicyclic) bond motifs is 1. The summed E-state index contributed by atoms with van der Waals surface area (Å²) in [5, 5.41) is 0.424. The molecule has 0 N–H and O–H groups in total. The van der Waals surface area contributed by atoms with Crippen LogP contribution in [0.4, 0.5) is 0 Å². The summed E-state index contributed by atoms with van der Waals surface area (Å²) in [4.78, 5) is 14.0. The Morgan fingerprint density at radius 2 is 2.27 bits per heavy atom. The molecule has 1 amide bonds. The van der Waals surface area contributed by atoms with Crippen molar-refractivity contribution in [2.24, 2.45) is 5.92 Å². The molecular formula is C11H19NO2S. The van der Waals surface area contributed by atoms with Crippen LogP contribution >= 0.6 is 11.8 Å². The molecule has 2 fully saturated rings. The van der Waals surface area contributed by atoms with Crippen molar-refractivity contribution in [3.63, 3.8) is 0 Å². The Labute approximate surface area is 95.5 Å². The number of β-lactam (4-membered cyclic amide) rings is 1. The van der Waals surface area contributed by atoms with Crippen molar-refractivity contribution in [2.45, 2.75) is 44.2 Å². The molecule has 0 spiro atoms. The highest BCUT2D eigenvalue weighted by molar-refractivity contribution is 7.99. The fourth-order valence-electron chi connectivity index (χ4n) is 2.70. The highest BCUT2D eigenvalue weighted by Gasteiger charge is 2.56. The summed E-state index contributed by atoms with van der Waals surface area (Å²) in [5.74, 6) is 0.481. The van der Waals surface area contributed by atoms with E-state index in [-0.39, 0.29) is 11.8 Å². The van der Waals surface area contributed by atoms with E-state index in [9.17, 15) is 4.79 Å². The molecule has 2 heterocycles. The average Bonchev–Trinajstić information content (AvgIpc) is 2.15. The maximum Gasteiger partial charge on any atom is 0.231 e. The van der Waals surface area contributed by atoms with Crippen molar-refractivity contribution in [1.82, 2.24) is 4.90 Å². The Morgan fingerprint density at radius 3 is 2.87 bits per heavy atom. The smallest absolute Gasteiger partial charge is 0.231 e. The topological polar surface area (TPSA) is 29.5 Å². The molecule has 3 atom stereocenters. The molecule has 2 rings (SSSR count). The van der Waals surface area contributed by atoms with E-state index in [0.29, 0.717) is 11.3 Å². The van der Waals surface area contributed by atoms with Gasteiger partial charge in [0.05, 0.1) is 12.5 Å². The first kappa shape index (κ1) is 11.3. The second-order valence-electron chi connectivity index (χ2n) is 4.83. The normalized spacial score (nSPS) is 35.7. The second-order valence-corrected chi connectivity index (χ2v) is 6.04. The molecule has 3 nitrogen and oxygen atoms in total. The van der Waals surface area contributed by atoms with E-state index in [2.05, 4.69) is 13.2 Å². The summed E-state index contributed by atoms with van der Waals surface area (Å²) < 4.78 is 5.63. The van der Waals surface area contributed by atoms with Gasteiger partial charge in [-0.05, 0) is 26.5 Å². The fourth-order valence-corrected chi connectivity index (χ4v) is 3.29. The number of hydrogen-bond acceptors (Lipinski definition) is 3. The molecule has 0 aliphatic carbocycles. The maximum atomic E-state index is 12.0.